The molecule has 0 aromatic heterocycles. The molecule has 0 radical (unpaired) electrons. The summed E-state index contributed by atoms with van der Waals surface area (Å²) in [7, 11) is 1.96. The van der Waals surface area contributed by atoms with Gasteiger partial charge in [-0.15, -0.1) is 0 Å². The van der Waals surface area contributed by atoms with Crippen LogP contribution in [0.2, 0.25) is 5.02 Å². The van der Waals surface area contributed by atoms with E-state index in [0.29, 0.717) is 6.04 Å². The van der Waals surface area contributed by atoms with Crippen molar-refractivity contribution < 1.29 is 0 Å². The first-order valence-corrected chi connectivity index (χ1v) is 6.87. The van der Waals surface area contributed by atoms with Gasteiger partial charge in [0.05, 0.1) is 10.7 Å². The molecule has 0 saturated carbocycles. The van der Waals surface area contributed by atoms with Gasteiger partial charge in [-0.25, -0.2) is 0 Å². The second-order valence-corrected chi connectivity index (χ2v) is 5.39. The predicted molar refractivity (Wildman–Crippen MR) is 79.5 cm³/mol. The molecule has 1 heterocycles. The fourth-order valence-electron chi connectivity index (χ4n) is 2.33. The Labute approximate surface area is 115 Å². The molecule has 1 unspecified atom stereocenters. The third-order valence-electron chi connectivity index (χ3n) is 3.58. The van der Waals surface area contributed by atoms with Crippen LogP contribution in [0.3, 0.4) is 0 Å². The molecule has 1 aromatic rings. The first-order chi connectivity index (χ1) is 8.61. The van der Waals surface area contributed by atoms with Crippen molar-refractivity contribution in [1.82, 2.24) is 5.32 Å². The highest BCUT2D eigenvalue weighted by atomic mass is 35.5. The van der Waals surface area contributed by atoms with E-state index in [-0.39, 0.29) is 0 Å². The first kappa shape index (κ1) is 13.4. The molecule has 0 saturated heterocycles. The van der Waals surface area contributed by atoms with Gasteiger partial charge < -0.3 is 10.2 Å². The monoisotopic (exact) mass is 264 g/mol. The van der Waals surface area contributed by atoms with Crippen molar-refractivity contribution in [3.8, 4) is 0 Å². The van der Waals surface area contributed by atoms with E-state index in [1.165, 1.54) is 11.1 Å². The molecule has 3 heteroatoms. The van der Waals surface area contributed by atoms with Crippen molar-refractivity contribution in [2.75, 3.05) is 25.0 Å². The van der Waals surface area contributed by atoms with Crippen molar-refractivity contribution in [1.29, 1.82) is 0 Å². The zero-order chi connectivity index (χ0) is 13.1. The second-order valence-electron chi connectivity index (χ2n) is 4.98. The van der Waals surface area contributed by atoms with Gasteiger partial charge in [0.1, 0.15) is 0 Å². The van der Waals surface area contributed by atoms with Gasteiger partial charge in [-0.2, -0.15) is 0 Å². The molecule has 0 aliphatic carbocycles. The van der Waals surface area contributed by atoms with Crippen LogP contribution >= 0.6 is 11.6 Å². The molecule has 2 rings (SSSR count). The van der Waals surface area contributed by atoms with Crippen molar-refractivity contribution in [2.24, 2.45) is 0 Å². The molecule has 98 valence electrons. The van der Waals surface area contributed by atoms with Crippen LogP contribution in [0, 0.1) is 0 Å². The third-order valence-corrected chi connectivity index (χ3v) is 3.88. The minimum Gasteiger partial charge on any atom is -0.366 e. The number of nitrogens with zero attached hydrogens (tertiary/aromatic N) is 1. The van der Waals surface area contributed by atoms with Crippen LogP contribution in [0.1, 0.15) is 31.9 Å². The van der Waals surface area contributed by atoms with Gasteiger partial charge in [0.25, 0.3) is 0 Å². The zero-order valence-electron chi connectivity index (χ0n) is 11.3. The maximum Gasteiger partial charge on any atom is 0.0643 e. The van der Waals surface area contributed by atoms with Gasteiger partial charge in [-0.05, 0) is 45.0 Å². The van der Waals surface area contributed by atoms with E-state index in [4.69, 9.17) is 11.6 Å². The summed E-state index contributed by atoms with van der Waals surface area (Å²) in [5, 5.41) is 4.08. The lowest BCUT2D eigenvalue weighted by Crippen LogP contribution is -2.29. The fourth-order valence-corrected chi connectivity index (χ4v) is 2.64. The normalized spacial score (nSPS) is 17.6. The van der Waals surface area contributed by atoms with E-state index in [0.717, 1.165) is 30.2 Å². The van der Waals surface area contributed by atoms with E-state index < -0.39 is 0 Å². The first-order valence-electron chi connectivity index (χ1n) is 6.49. The minimum absolute atomic E-state index is 0.333. The SMILES string of the molecule is CNC(C)c1ccc(N2CCC=C(C)C2)c(Cl)c1. The van der Waals surface area contributed by atoms with Gasteiger partial charge in [-0.3, -0.25) is 0 Å². The maximum atomic E-state index is 6.42. The van der Waals surface area contributed by atoms with Crippen LogP contribution in [-0.2, 0) is 0 Å². The summed E-state index contributed by atoms with van der Waals surface area (Å²) in [4.78, 5) is 2.35. The van der Waals surface area contributed by atoms with Crippen LogP contribution in [0.25, 0.3) is 0 Å². The average molecular weight is 265 g/mol. The Balaban J connectivity index is 2.22. The van der Waals surface area contributed by atoms with Crippen molar-refractivity contribution in [3.05, 3.63) is 40.4 Å². The summed E-state index contributed by atoms with van der Waals surface area (Å²) in [5.41, 5.74) is 3.80. The van der Waals surface area contributed by atoms with E-state index in [1.807, 2.05) is 7.05 Å². The molecular weight excluding hydrogens is 244 g/mol. The van der Waals surface area contributed by atoms with E-state index in [2.05, 4.69) is 48.3 Å². The van der Waals surface area contributed by atoms with Crippen molar-refractivity contribution >= 4 is 17.3 Å². The number of rotatable bonds is 3. The molecule has 1 N–H and O–H groups in total. The Morgan fingerprint density at radius 3 is 2.78 bits per heavy atom. The minimum atomic E-state index is 0.333. The summed E-state index contributed by atoms with van der Waals surface area (Å²) in [6, 6.07) is 6.71. The lowest BCUT2D eigenvalue weighted by atomic mass is 10.1. The number of hydrogen-bond donors (Lipinski definition) is 1. The van der Waals surface area contributed by atoms with Gasteiger partial charge in [0.15, 0.2) is 0 Å². The number of benzene rings is 1. The van der Waals surface area contributed by atoms with Crippen LogP contribution < -0.4 is 10.2 Å². The molecule has 18 heavy (non-hydrogen) atoms. The van der Waals surface area contributed by atoms with E-state index >= 15 is 0 Å². The Morgan fingerprint density at radius 1 is 1.39 bits per heavy atom. The Kier molecular flexibility index (Phi) is 4.31. The number of halogens is 1. The number of nitrogens with one attached hydrogen (secondary N) is 1. The van der Waals surface area contributed by atoms with Crippen molar-refractivity contribution in [3.63, 3.8) is 0 Å². The average Bonchev–Trinajstić information content (AvgIpc) is 2.37. The van der Waals surface area contributed by atoms with Gasteiger partial charge >= 0.3 is 0 Å². The maximum absolute atomic E-state index is 6.42. The largest absolute Gasteiger partial charge is 0.366 e. The Bertz CT molecular complexity index is 454. The topological polar surface area (TPSA) is 15.3 Å². The van der Waals surface area contributed by atoms with E-state index in [1.54, 1.807) is 0 Å². The molecule has 0 spiro atoms. The smallest absolute Gasteiger partial charge is 0.0643 e. The molecule has 0 bridgehead atoms. The van der Waals surface area contributed by atoms with Crippen LogP contribution in [0.5, 0.6) is 0 Å². The summed E-state index contributed by atoms with van der Waals surface area (Å²) >= 11 is 6.42. The lowest BCUT2D eigenvalue weighted by molar-refractivity contribution is 0.652. The molecule has 1 aliphatic heterocycles. The standard InChI is InChI=1S/C15H21ClN2/c1-11-5-4-8-18(10-11)15-7-6-13(9-14(15)16)12(2)17-3/h5-7,9,12,17H,4,8,10H2,1-3H3. The zero-order valence-corrected chi connectivity index (χ0v) is 12.1. The summed E-state index contributed by atoms with van der Waals surface area (Å²) < 4.78 is 0. The molecular formula is C15H21ClN2. The number of hydrogen-bond acceptors (Lipinski definition) is 2. The molecule has 1 aliphatic rings. The summed E-state index contributed by atoms with van der Waals surface area (Å²) in [6.45, 7) is 6.36. The quantitative estimate of drug-likeness (QED) is 0.836. The Morgan fingerprint density at radius 2 is 2.17 bits per heavy atom. The highest BCUT2D eigenvalue weighted by Gasteiger charge is 2.14. The Hall–Kier alpha value is -0.990. The summed E-state index contributed by atoms with van der Waals surface area (Å²) in [6.07, 6.45) is 3.42. The van der Waals surface area contributed by atoms with Gasteiger partial charge in [0.2, 0.25) is 0 Å². The predicted octanol–water partition coefficient (Wildman–Crippen LogP) is 3.78. The lowest BCUT2D eigenvalue weighted by Gasteiger charge is -2.29. The molecule has 1 atom stereocenters. The van der Waals surface area contributed by atoms with Crippen LogP contribution in [0.15, 0.2) is 29.8 Å². The highest BCUT2D eigenvalue weighted by Crippen LogP contribution is 2.30. The number of anilines is 1. The van der Waals surface area contributed by atoms with Gasteiger partial charge in [-0.1, -0.05) is 29.3 Å². The molecule has 0 fully saturated rings. The van der Waals surface area contributed by atoms with Gasteiger partial charge in [0, 0.05) is 19.1 Å². The van der Waals surface area contributed by atoms with Crippen LogP contribution in [-0.4, -0.2) is 20.1 Å². The molecule has 1 aromatic carbocycles. The fraction of sp³-hybridized carbons (Fsp3) is 0.467. The third kappa shape index (κ3) is 2.88. The van der Waals surface area contributed by atoms with Crippen LogP contribution in [0.4, 0.5) is 5.69 Å². The van der Waals surface area contributed by atoms with E-state index in [9.17, 15) is 0 Å². The summed E-state index contributed by atoms with van der Waals surface area (Å²) in [5.74, 6) is 0. The van der Waals surface area contributed by atoms with Crippen molar-refractivity contribution in [2.45, 2.75) is 26.3 Å². The highest BCUT2D eigenvalue weighted by molar-refractivity contribution is 6.33. The molecule has 0 amide bonds. The molecule has 2 nitrogen and oxygen atoms in total. The second kappa shape index (κ2) is 5.77.